The maximum Gasteiger partial charge on any atom is 0.147 e. The molecular weight excluding hydrogens is 424 g/mol. The SMILES string of the molecule is OCCCCCCOc1ccc2ccccc2c1N=Nc1ccc(N=Nc2ccccc2)cc1. The van der Waals surface area contributed by atoms with Gasteiger partial charge in [-0.2, -0.15) is 15.3 Å². The lowest BCUT2D eigenvalue weighted by Crippen LogP contribution is -1.98. The molecule has 0 aliphatic heterocycles. The minimum atomic E-state index is 0.243. The highest BCUT2D eigenvalue weighted by Gasteiger charge is 2.09. The van der Waals surface area contributed by atoms with Crippen molar-refractivity contribution in [2.24, 2.45) is 20.5 Å². The van der Waals surface area contributed by atoms with Gasteiger partial charge in [0, 0.05) is 12.0 Å². The van der Waals surface area contributed by atoms with E-state index in [0.29, 0.717) is 6.61 Å². The lowest BCUT2D eigenvalue weighted by molar-refractivity contribution is 0.274. The Morgan fingerprint density at radius 2 is 1.18 bits per heavy atom. The summed E-state index contributed by atoms with van der Waals surface area (Å²) in [6.45, 7) is 0.848. The number of aliphatic hydroxyl groups excluding tert-OH is 1. The van der Waals surface area contributed by atoms with Gasteiger partial charge in [0.25, 0.3) is 0 Å². The van der Waals surface area contributed by atoms with Crippen molar-refractivity contribution in [1.82, 2.24) is 0 Å². The van der Waals surface area contributed by atoms with Crippen molar-refractivity contribution in [2.75, 3.05) is 13.2 Å². The number of ether oxygens (including phenoxy) is 1. The van der Waals surface area contributed by atoms with Gasteiger partial charge in [0.2, 0.25) is 0 Å². The van der Waals surface area contributed by atoms with E-state index in [1.165, 1.54) is 0 Å². The molecule has 0 aliphatic rings. The molecule has 0 bridgehead atoms. The molecular formula is C28H28N4O2. The van der Waals surface area contributed by atoms with Gasteiger partial charge < -0.3 is 9.84 Å². The predicted molar refractivity (Wildman–Crippen MR) is 136 cm³/mol. The molecule has 0 fully saturated rings. The Bertz CT molecular complexity index is 1240. The number of hydrogen-bond acceptors (Lipinski definition) is 6. The van der Waals surface area contributed by atoms with Crippen molar-refractivity contribution in [3.05, 3.63) is 91.0 Å². The smallest absolute Gasteiger partial charge is 0.147 e. The zero-order valence-electron chi connectivity index (χ0n) is 19.0. The molecule has 0 unspecified atom stereocenters. The molecule has 172 valence electrons. The number of azo groups is 2. The fourth-order valence-electron chi connectivity index (χ4n) is 3.51. The molecule has 0 radical (unpaired) electrons. The fourth-order valence-corrected chi connectivity index (χ4v) is 3.51. The Kier molecular flexibility index (Phi) is 8.46. The van der Waals surface area contributed by atoms with E-state index < -0.39 is 0 Å². The molecule has 6 heteroatoms. The molecule has 4 aromatic carbocycles. The van der Waals surface area contributed by atoms with E-state index in [4.69, 9.17) is 9.84 Å². The Morgan fingerprint density at radius 3 is 1.91 bits per heavy atom. The second kappa shape index (κ2) is 12.4. The minimum absolute atomic E-state index is 0.243. The van der Waals surface area contributed by atoms with Crippen LogP contribution >= 0.6 is 0 Å². The predicted octanol–water partition coefficient (Wildman–Crippen LogP) is 8.60. The number of rotatable bonds is 11. The highest BCUT2D eigenvalue weighted by Crippen LogP contribution is 2.37. The van der Waals surface area contributed by atoms with E-state index in [1.54, 1.807) is 0 Å². The normalized spacial score (nSPS) is 11.6. The Labute approximate surface area is 199 Å². The number of aliphatic hydroxyl groups is 1. The van der Waals surface area contributed by atoms with Crippen molar-refractivity contribution in [2.45, 2.75) is 25.7 Å². The quantitative estimate of drug-likeness (QED) is 0.183. The minimum Gasteiger partial charge on any atom is -0.491 e. The van der Waals surface area contributed by atoms with Crippen LogP contribution in [0, 0.1) is 0 Å². The van der Waals surface area contributed by atoms with Gasteiger partial charge in [-0.25, -0.2) is 0 Å². The van der Waals surface area contributed by atoms with Gasteiger partial charge in [0.15, 0.2) is 0 Å². The first-order chi connectivity index (χ1) is 16.8. The van der Waals surface area contributed by atoms with Crippen LogP contribution in [0.3, 0.4) is 0 Å². The molecule has 0 saturated heterocycles. The summed E-state index contributed by atoms with van der Waals surface area (Å²) >= 11 is 0. The number of nitrogens with zero attached hydrogens (tertiary/aromatic N) is 4. The summed E-state index contributed by atoms with van der Waals surface area (Å²) in [7, 11) is 0. The van der Waals surface area contributed by atoms with Crippen LogP contribution in [0.4, 0.5) is 22.7 Å². The summed E-state index contributed by atoms with van der Waals surface area (Å²) < 4.78 is 6.06. The summed E-state index contributed by atoms with van der Waals surface area (Å²) in [5.74, 6) is 0.720. The van der Waals surface area contributed by atoms with Crippen LogP contribution in [0.1, 0.15) is 25.7 Å². The second-order valence-electron chi connectivity index (χ2n) is 7.87. The van der Waals surface area contributed by atoms with Gasteiger partial charge in [-0.1, -0.05) is 55.0 Å². The first kappa shape index (κ1) is 23.3. The molecule has 0 spiro atoms. The molecule has 4 rings (SSSR count). The average molecular weight is 453 g/mol. The summed E-state index contributed by atoms with van der Waals surface area (Å²) in [4.78, 5) is 0. The van der Waals surface area contributed by atoms with Crippen molar-refractivity contribution in [1.29, 1.82) is 0 Å². The average Bonchev–Trinajstić information content (AvgIpc) is 2.89. The number of unbranched alkanes of at least 4 members (excludes halogenated alkanes) is 3. The fraction of sp³-hybridized carbons (Fsp3) is 0.214. The zero-order valence-corrected chi connectivity index (χ0v) is 19.0. The molecule has 0 aromatic heterocycles. The largest absolute Gasteiger partial charge is 0.491 e. The molecule has 0 atom stereocenters. The van der Waals surface area contributed by atoms with Crippen molar-refractivity contribution in [3.8, 4) is 5.75 Å². The highest BCUT2D eigenvalue weighted by atomic mass is 16.5. The van der Waals surface area contributed by atoms with Crippen LogP contribution in [0.25, 0.3) is 10.8 Å². The summed E-state index contributed by atoms with van der Waals surface area (Å²) in [5, 5.41) is 28.5. The van der Waals surface area contributed by atoms with Crippen molar-refractivity contribution < 1.29 is 9.84 Å². The first-order valence-corrected chi connectivity index (χ1v) is 11.6. The lowest BCUT2D eigenvalue weighted by Gasteiger charge is -2.11. The van der Waals surface area contributed by atoms with E-state index in [9.17, 15) is 0 Å². The van der Waals surface area contributed by atoms with Crippen LogP contribution in [0.15, 0.2) is 111 Å². The van der Waals surface area contributed by atoms with Gasteiger partial charge in [-0.3, -0.25) is 0 Å². The van der Waals surface area contributed by atoms with Crippen molar-refractivity contribution in [3.63, 3.8) is 0 Å². The lowest BCUT2D eigenvalue weighted by atomic mass is 10.1. The highest BCUT2D eigenvalue weighted by molar-refractivity contribution is 5.95. The topological polar surface area (TPSA) is 78.9 Å². The van der Waals surface area contributed by atoms with Gasteiger partial charge in [-0.05, 0) is 67.1 Å². The van der Waals surface area contributed by atoms with E-state index in [0.717, 1.165) is 65.0 Å². The molecule has 0 amide bonds. The monoisotopic (exact) mass is 452 g/mol. The maximum atomic E-state index is 8.92. The van der Waals surface area contributed by atoms with E-state index in [2.05, 4.69) is 26.5 Å². The molecule has 34 heavy (non-hydrogen) atoms. The summed E-state index contributed by atoms with van der Waals surface area (Å²) in [6.07, 6.45) is 3.80. The summed E-state index contributed by atoms with van der Waals surface area (Å²) in [5.41, 5.74) is 3.00. The van der Waals surface area contributed by atoms with Gasteiger partial charge in [0.1, 0.15) is 11.4 Å². The van der Waals surface area contributed by atoms with E-state index in [1.807, 2.05) is 84.9 Å². The van der Waals surface area contributed by atoms with E-state index in [-0.39, 0.29) is 6.61 Å². The number of hydrogen-bond donors (Lipinski definition) is 1. The third kappa shape index (κ3) is 6.56. The van der Waals surface area contributed by atoms with Crippen LogP contribution in [-0.4, -0.2) is 18.3 Å². The van der Waals surface area contributed by atoms with Crippen LogP contribution in [-0.2, 0) is 0 Å². The van der Waals surface area contributed by atoms with Crippen LogP contribution < -0.4 is 4.74 Å². The third-order valence-electron chi connectivity index (χ3n) is 5.33. The molecule has 0 aliphatic carbocycles. The van der Waals surface area contributed by atoms with Gasteiger partial charge in [0.05, 0.1) is 23.7 Å². The Hall–Kier alpha value is -3.90. The molecule has 0 heterocycles. The van der Waals surface area contributed by atoms with Crippen LogP contribution in [0.5, 0.6) is 5.75 Å². The maximum absolute atomic E-state index is 8.92. The second-order valence-corrected chi connectivity index (χ2v) is 7.87. The Balaban J connectivity index is 1.48. The van der Waals surface area contributed by atoms with Gasteiger partial charge >= 0.3 is 0 Å². The first-order valence-electron chi connectivity index (χ1n) is 11.6. The molecule has 4 aromatic rings. The number of fused-ring (bicyclic) bond motifs is 1. The standard InChI is InChI=1S/C28H28N4O2/c33-20-8-1-2-9-21-34-27-19-14-22-10-6-7-13-26(22)28(27)32-31-25-17-15-24(16-18-25)30-29-23-11-4-3-5-12-23/h3-7,10-19,33H,1-2,8-9,20-21H2. The third-order valence-corrected chi connectivity index (χ3v) is 5.33. The zero-order chi connectivity index (χ0) is 23.4. The van der Waals surface area contributed by atoms with Crippen LogP contribution in [0.2, 0.25) is 0 Å². The van der Waals surface area contributed by atoms with Crippen molar-refractivity contribution >= 4 is 33.5 Å². The molecule has 0 saturated carbocycles. The van der Waals surface area contributed by atoms with E-state index >= 15 is 0 Å². The molecule has 1 N–H and O–H groups in total. The number of benzene rings is 4. The Morgan fingerprint density at radius 1 is 0.559 bits per heavy atom. The summed E-state index contributed by atoms with van der Waals surface area (Å²) in [6, 6.07) is 29.2. The molecule has 6 nitrogen and oxygen atoms in total. The van der Waals surface area contributed by atoms with Gasteiger partial charge in [-0.15, -0.1) is 5.11 Å².